The number of nitrogens with zero attached hydrogens (tertiary/aromatic N) is 2. The average molecular weight is 715 g/mol. The summed E-state index contributed by atoms with van der Waals surface area (Å²) in [5.41, 5.74) is 16.2. The first-order chi connectivity index (χ1) is 27.8. The van der Waals surface area contributed by atoms with Gasteiger partial charge in [0.25, 0.3) is 0 Å². The summed E-state index contributed by atoms with van der Waals surface area (Å²) in [6.07, 6.45) is 0. The smallest absolute Gasteiger partial charge is 0.160 e. The van der Waals surface area contributed by atoms with Crippen LogP contribution in [0.4, 0.5) is 0 Å². The predicted octanol–water partition coefficient (Wildman–Crippen LogP) is 13.3. The molecule has 0 saturated heterocycles. The van der Waals surface area contributed by atoms with Crippen LogP contribution in [0.2, 0.25) is 0 Å². The molecule has 0 atom stereocenters. The Balaban J connectivity index is 1.05. The summed E-state index contributed by atoms with van der Waals surface area (Å²) in [6, 6.07) is 73.0. The second-order valence-electron chi connectivity index (χ2n) is 14.4. The Morgan fingerprint density at radius 2 is 0.786 bits per heavy atom. The SMILES string of the molecule is c1ccc(-c2cc(-c3ccc(-c4ccccc4-c4cccc5c4Oc4ccccc4C54c5ccccc5-c5ccccc54)cc3)nc(-c3ccccc3)n2)cc1. The third kappa shape index (κ3) is 4.91. The van der Waals surface area contributed by atoms with Gasteiger partial charge in [0.2, 0.25) is 0 Å². The van der Waals surface area contributed by atoms with E-state index in [2.05, 4.69) is 170 Å². The topological polar surface area (TPSA) is 35.0 Å². The molecule has 0 amide bonds. The molecule has 8 aromatic carbocycles. The van der Waals surface area contributed by atoms with Gasteiger partial charge in [0.15, 0.2) is 5.82 Å². The van der Waals surface area contributed by atoms with Gasteiger partial charge in [-0.05, 0) is 51.1 Å². The molecule has 1 aliphatic heterocycles. The van der Waals surface area contributed by atoms with Crippen LogP contribution in [0.1, 0.15) is 22.3 Å². The first kappa shape index (κ1) is 32.1. The van der Waals surface area contributed by atoms with Gasteiger partial charge >= 0.3 is 0 Å². The molecule has 56 heavy (non-hydrogen) atoms. The minimum absolute atomic E-state index is 0.515. The van der Waals surface area contributed by atoms with Gasteiger partial charge in [-0.2, -0.15) is 0 Å². The van der Waals surface area contributed by atoms with E-state index in [0.717, 1.165) is 67.4 Å². The van der Waals surface area contributed by atoms with Gasteiger partial charge in [-0.25, -0.2) is 9.97 Å². The number of rotatable bonds is 5. The summed E-state index contributed by atoms with van der Waals surface area (Å²) in [6.45, 7) is 0. The van der Waals surface area contributed by atoms with Crippen molar-refractivity contribution in [1.29, 1.82) is 0 Å². The molecule has 0 bridgehead atoms. The third-order valence-corrected chi connectivity index (χ3v) is 11.4. The molecule has 3 heteroatoms. The van der Waals surface area contributed by atoms with E-state index in [1.54, 1.807) is 0 Å². The van der Waals surface area contributed by atoms with Crippen molar-refractivity contribution >= 4 is 0 Å². The minimum atomic E-state index is -0.515. The van der Waals surface area contributed by atoms with Crippen LogP contribution in [0.15, 0.2) is 206 Å². The summed E-state index contributed by atoms with van der Waals surface area (Å²) in [5.74, 6) is 2.48. The van der Waals surface area contributed by atoms with Gasteiger partial charge in [-0.1, -0.05) is 194 Å². The summed E-state index contributed by atoms with van der Waals surface area (Å²) in [4.78, 5) is 10.1. The van der Waals surface area contributed by atoms with Crippen LogP contribution in [0, 0.1) is 0 Å². The van der Waals surface area contributed by atoms with Crippen LogP contribution in [0.25, 0.3) is 67.3 Å². The highest BCUT2D eigenvalue weighted by Crippen LogP contribution is 2.63. The standard InChI is InChI=1S/C53H34N2O/c1-3-16-36(17-4-1)48-34-49(55-52(54-48)38-18-5-2-6-19-38)37-32-30-35(31-33-37)39-20-7-8-21-40(39)43-24-15-28-47-51(43)56-50-29-14-13-27-46(50)53(47)44-25-11-9-22-41(44)42-23-10-12-26-45(42)53/h1-34H. The van der Waals surface area contributed by atoms with E-state index < -0.39 is 5.41 Å². The quantitative estimate of drug-likeness (QED) is 0.178. The van der Waals surface area contributed by atoms with Gasteiger partial charge in [-0.3, -0.25) is 0 Å². The van der Waals surface area contributed by atoms with Crippen molar-refractivity contribution in [2.45, 2.75) is 5.41 Å². The fraction of sp³-hybridized carbons (Fsp3) is 0.0189. The number of hydrogen-bond acceptors (Lipinski definition) is 3. The zero-order valence-electron chi connectivity index (χ0n) is 30.4. The number of aromatic nitrogens is 2. The van der Waals surface area contributed by atoms with E-state index in [0.29, 0.717) is 5.82 Å². The summed E-state index contributed by atoms with van der Waals surface area (Å²) in [7, 11) is 0. The molecule has 1 spiro atoms. The lowest BCUT2D eigenvalue weighted by Gasteiger charge is -2.40. The molecule has 0 saturated carbocycles. The molecule has 262 valence electrons. The van der Waals surface area contributed by atoms with E-state index in [-0.39, 0.29) is 0 Å². The molecule has 0 fully saturated rings. The highest BCUT2D eigenvalue weighted by molar-refractivity contribution is 5.93. The Morgan fingerprint density at radius 3 is 1.45 bits per heavy atom. The largest absolute Gasteiger partial charge is 0.456 e. The molecule has 11 rings (SSSR count). The highest BCUT2D eigenvalue weighted by atomic mass is 16.5. The molecular weight excluding hydrogens is 681 g/mol. The van der Waals surface area contributed by atoms with E-state index in [9.17, 15) is 0 Å². The molecular formula is C53H34N2O. The Labute approximate surface area is 326 Å². The van der Waals surface area contributed by atoms with Crippen LogP contribution in [0.5, 0.6) is 11.5 Å². The van der Waals surface area contributed by atoms with E-state index in [1.165, 1.54) is 27.8 Å². The number of hydrogen-bond donors (Lipinski definition) is 0. The summed E-state index contributed by atoms with van der Waals surface area (Å²) in [5, 5.41) is 0. The maximum atomic E-state index is 7.03. The predicted molar refractivity (Wildman–Crippen MR) is 227 cm³/mol. The molecule has 1 aliphatic carbocycles. The van der Waals surface area contributed by atoms with Crippen molar-refractivity contribution in [3.8, 4) is 78.8 Å². The molecule has 2 aliphatic rings. The Kier molecular flexibility index (Phi) is 7.39. The van der Waals surface area contributed by atoms with Crippen molar-refractivity contribution in [3.05, 3.63) is 229 Å². The zero-order valence-corrected chi connectivity index (χ0v) is 30.4. The lowest BCUT2D eigenvalue weighted by Crippen LogP contribution is -2.32. The minimum Gasteiger partial charge on any atom is -0.456 e. The highest BCUT2D eigenvalue weighted by Gasteiger charge is 2.51. The van der Waals surface area contributed by atoms with Crippen LogP contribution in [-0.2, 0) is 5.41 Å². The van der Waals surface area contributed by atoms with Gasteiger partial charge < -0.3 is 4.74 Å². The van der Waals surface area contributed by atoms with Crippen LogP contribution >= 0.6 is 0 Å². The van der Waals surface area contributed by atoms with Gasteiger partial charge in [0, 0.05) is 33.4 Å². The van der Waals surface area contributed by atoms with E-state index >= 15 is 0 Å². The molecule has 9 aromatic rings. The molecule has 1 aromatic heterocycles. The Morgan fingerprint density at radius 1 is 0.321 bits per heavy atom. The number of fused-ring (bicyclic) bond motifs is 9. The number of para-hydroxylation sites is 2. The molecule has 0 radical (unpaired) electrons. The maximum absolute atomic E-state index is 7.03. The summed E-state index contributed by atoms with van der Waals surface area (Å²) >= 11 is 0. The lowest BCUT2D eigenvalue weighted by molar-refractivity contribution is 0.438. The monoisotopic (exact) mass is 714 g/mol. The van der Waals surface area contributed by atoms with E-state index in [4.69, 9.17) is 14.7 Å². The van der Waals surface area contributed by atoms with Crippen LogP contribution < -0.4 is 4.74 Å². The van der Waals surface area contributed by atoms with E-state index in [1.807, 2.05) is 36.4 Å². The fourth-order valence-electron chi connectivity index (χ4n) is 8.95. The normalized spacial score (nSPS) is 12.9. The van der Waals surface area contributed by atoms with Crippen molar-refractivity contribution in [3.63, 3.8) is 0 Å². The molecule has 0 unspecified atom stereocenters. The average Bonchev–Trinajstić information content (AvgIpc) is 3.57. The van der Waals surface area contributed by atoms with Gasteiger partial charge in [0.1, 0.15) is 11.5 Å². The second-order valence-corrected chi connectivity index (χ2v) is 14.4. The first-order valence-corrected chi connectivity index (χ1v) is 19.1. The summed E-state index contributed by atoms with van der Waals surface area (Å²) < 4.78 is 7.03. The number of benzene rings is 8. The fourth-order valence-corrected chi connectivity index (χ4v) is 8.95. The van der Waals surface area contributed by atoms with Crippen molar-refractivity contribution in [1.82, 2.24) is 9.97 Å². The molecule has 3 nitrogen and oxygen atoms in total. The van der Waals surface area contributed by atoms with Crippen LogP contribution in [-0.4, -0.2) is 9.97 Å². The third-order valence-electron chi connectivity index (χ3n) is 11.4. The Bertz CT molecular complexity index is 2830. The van der Waals surface area contributed by atoms with Gasteiger partial charge in [0.05, 0.1) is 16.8 Å². The van der Waals surface area contributed by atoms with Crippen molar-refractivity contribution in [2.24, 2.45) is 0 Å². The lowest BCUT2D eigenvalue weighted by atomic mass is 9.65. The molecule has 2 heterocycles. The number of ether oxygens (including phenoxy) is 1. The van der Waals surface area contributed by atoms with Gasteiger partial charge in [-0.15, -0.1) is 0 Å². The van der Waals surface area contributed by atoms with Crippen molar-refractivity contribution in [2.75, 3.05) is 0 Å². The van der Waals surface area contributed by atoms with Crippen molar-refractivity contribution < 1.29 is 4.74 Å². The molecule has 0 N–H and O–H groups in total. The zero-order chi connectivity index (χ0) is 37.1. The second kappa shape index (κ2) is 12.9. The van der Waals surface area contributed by atoms with Crippen LogP contribution in [0.3, 0.4) is 0 Å². The first-order valence-electron chi connectivity index (χ1n) is 19.1. The Hall–Kier alpha value is -7.36. The maximum Gasteiger partial charge on any atom is 0.160 e.